The average Bonchev–Trinajstić information content (AvgIpc) is 2.54. The third kappa shape index (κ3) is 5.11. The van der Waals surface area contributed by atoms with Crippen molar-refractivity contribution in [2.45, 2.75) is 45.8 Å². The smallest absolute Gasteiger partial charge is 0.407 e. The zero-order valence-corrected chi connectivity index (χ0v) is 15.7. The fourth-order valence-electron chi connectivity index (χ4n) is 3.00. The van der Waals surface area contributed by atoms with Gasteiger partial charge in [0.05, 0.1) is 12.7 Å². The summed E-state index contributed by atoms with van der Waals surface area (Å²) in [5.41, 5.74) is 0.0455. The zero-order valence-electron chi connectivity index (χ0n) is 15.7. The Hall–Kier alpha value is -2.24. The van der Waals surface area contributed by atoms with Gasteiger partial charge in [-0.25, -0.2) is 4.79 Å². The number of benzene rings is 1. The summed E-state index contributed by atoms with van der Waals surface area (Å²) >= 11 is 0. The van der Waals surface area contributed by atoms with Crippen molar-refractivity contribution in [1.29, 1.82) is 0 Å². The van der Waals surface area contributed by atoms with E-state index in [2.05, 4.69) is 5.32 Å². The van der Waals surface area contributed by atoms with E-state index in [4.69, 9.17) is 9.47 Å². The van der Waals surface area contributed by atoms with E-state index in [0.717, 1.165) is 0 Å². The molecule has 0 unspecified atom stereocenters. The van der Waals surface area contributed by atoms with Crippen LogP contribution in [0.15, 0.2) is 24.3 Å². The minimum Gasteiger partial charge on any atom is -0.496 e. The molecule has 2 atom stereocenters. The van der Waals surface area contributed by atoms with E-state index in [9.17, 15) is 9.59 Å². The van der Waals surface area contributed by atoms with E-state index in [1.807, 2.05) is 44.7 Å². The van der Waals surface area contributed by atoms with Crippen molar-refractivity contribution >= 4 is 12.0 Å². The maximum Gasteiger partial charge on any atom is 0.407 e. The van der Waals surface area contributed by atoms with E-state index in [-0.39, 0.29) is 17.9 Å². The highest BCUT2D eigenvalue weighted by atomic mass is 16.6. The van der Waals surface area contributed by atoms with Crippen molar-refractivity contribution in [3.63, 3.8) is 0 Å². The minimum atomic E-state index is -0.520. The quantitative estimate of drug-likeness (QED) is 0.911. The molecule has 2 rings (SSSR count). The van der Waals surface area contributed by atoms with Crippen LogP contribution in [0.2, 0.25) is 0 Å². The van der Waals surface area contributed by atoms with Crippen LogP contribution in [-0.4, -0.2) is 48.7 Å². The number of hydrogen-bond acceptors (Lipinski definition) is 4. The van der Waals surface area contributed by atoms with Gasteiger partial charge in [0.15, 0.2) is 0 Å². The molecule has 25 heavy (non-hydrogen) atoms. The number of piperidine rings is 1. The first-order chi connectivity index (χ1) is 11.7. The third-order valence-corrected chi connectivity index (χ3v) is 4.23. The second kappa shape index (κ2) is 7.76. The van der Waals surface area contributed by atoms with Gasteiger partial charge in [0.2, 0.25) is 0 Å². The van der Waals surface area contributed by atoms with E-state index >= 15 is 0 Å². The molecule has 1 fully saturated rings. The van der Waals surface area contributed by atoms with E-state index in [1.54, 1.807) is 19.2 Å². The first-order valence-electron chi connectivity index (χ1n) is 8.63. The number of rotatable bonds is 3. The Bertz CT molecular complexity index is 624. The van der Waals surface area contributed by atoms with Gasteiger partial charge in [-0.2, -0.15) is 0 Å². The Morgan fingerprint density at radius 3 is 2.52 bits per heavy atom. The summed E-state index contributed by atoms with van der Waals surface area (Å²) in [6.45, 7) is 8.71. The number of alkyl carbamates (subject to hydrolysis) is 1. The van der Waals surface area contributed by atoms with Crippen LogP contribution >= 0.6 is 0 Å². The Balaban J connectivity index is 1.97. The fourth-order valence-corrected chi connectivity index (χ4v) is 3.00. The molecule has 1 heterocycles. The highest BCUT2D eigenvalue weighted by molar-refractivity contribution is 5.97. The first-order valence-corrected chi connectivity index (χ1v) is 8.63. The zero-order chi connectivity index (χ0) is 18.6. The molecule has 6 heteroatoms. The monoisotopic (exact) mass is 348 g/mol. The molecular formula is C19H28N2O4. The van der Waals surface area contributed by atoms with Crippen molar-refractivity contribution in [2.75, 3.05) is 20.2 Å². The SMILES string of the molecule is COc1ccccc1C(=O)N1CC[C@@H](NC(=O)OC(C)(C)C)[C@@H](C)C1. The molecule has 1 saturated heterocycles. The van der Waals surface area contributed by atoms with Crippen molar-refractivity contribution in [3.05, 3.63) is 29.8 Å². The lowest BCUT2D eigenvalue weighted by molar-refractivity contribution is 0.0431. The van der Waals surface area contributed by atoms with Crippen LogP contribution < -0.4 is 10.1 Å². The minimum absolute atomic E-state index is 0.00318. The number of carbonyl (C=O) groups is 2. The second-order valence-corrected chi connectivity index (χ2v) is 7.47. The Labute approximate surface area is 149 Å². The van der Waals surface area contributed by atoms with Crippen molar-refractivity contribution < 1.29 is 19.1 Å². The van der Waals surface area contributed by atoms with Crippen LogP contribution in [0, 0.1) is 5.92 Å². The highest BCUT2D eigenvalue weighted by Gasteiger charge is 2.32. The molecular weight excluding hydrogens is 320 g/mol. The van der Waals surface area contributed by atoms with Crippen LogP contribution in [-0.2, 0) is 4.74 Å². The number of likely N-dealkylation sites (tertiary alicyclic amines) is 1. The number of amides is 2. The Morgan fingerprint density at radius 1 is 1.24 bits per heavy atom. The lowest BCUT2D eigenvalue weighted by atomic mass is 9.93. The number of methoxy groups -OCH3 is 1. The summed E-state index contributed by atoms with van der Waals surface area (Å²) in [4.78, 5) is 26.6. The van der Waals surface area contributed by atoms with Crippen molar-refractivity contribution in [1.82, 2.24) is 10.2 Å². The molecule has 1 aromatic rings. The predicted octanol–water partition coefficient (Wildman–Crippen LogP) is 3.07. The number of para-hydroxylation sites is 1. The maximum atomic E-state index is 12.8. The number of nitrogens with zero attached hydrogens (tertiary/aromatic N) is 1. The highest BCUT2D eigenvalue weighted by Crippen LogP contribution is 2.24. The molecule has 0 aliphatic carbocycles. The number of hydrogen-bond donors (Lipinski definition) is 1. The summed E-state index contributed by atoms with van der Waals surface area (Å²) in [6.07, 6.45) is 0.287. The topological polar surface area (TPSA) is 67.9 Å². The van der Waals surface area contributed by atoms with E-state index in [1.165, 1.54) is 0 Å². The lowest BCUT2D eigenvalue weighted by Gasteiger charge is -2.37. The van der Waals surface area contributed by atoms with Gasteiger partial charge < -0.3 is 19.7 Å². The van der Waals surface area contributed by atoms with Gasteiger partial charge in [-0.1, -0.05) is 19.1 Å². The first kappa shape index (κ1) is 19.1. The van der Waals surface area contributed by atoms with Gasteiger partial charge in [0, 0.05) is 19.1 Å². The molecule has 0 spiro atoms. The van der Waals surface area contributed by atoms with Crippen LogP contribution in [0.3, 0.4) is 0 Å². The number of carbonyl (C=O) groups excluding carboxylic acids is 2. The summed E-state index contributed by atoms with van der Waals surface area (Å²) < 4.78 is 10.6. The Morgan fingerprint density at radius 2 is 1.92 bits per heavy atom. The molecule has 6 nitrogen and oxygen atoms in total. The van der Waals surface area contributed by atoms with Gasteiger partial charge in [-0.3, -0.25) is 4.79 Å². The van der Waals surface area contributed by atoms with Crippen LogP contribution in [0.5, 0.6) is 5.75 Å². The molecule has 0 radical (unpaired) electrons. The second-order valence-electron chi connectivity index (χ2n) is 7.47. The largest absolute Gasteiger partial charge is 0.496 e. The molecule has 1 aliphatic heterocycles. The number of nitrogens with one attached hydrogen (secondary N) is 1. The maximum absolute atomic E-state index is 12.8. The molecule has 1 aromatic carbocycles. The van der Waals surface area contributed by atoms with Gasteiger partial charge in [0.1, 0.15) is 11.4 Å². The molecule has 0 aromatic heterocycles. The van der Waals surface area contributed by atoms with Gasteiger partial charge in [-0.05, 0) is 45.2 Å². The molecule has 1 N–H and O–H groups in total. The normalized spacial score (nSPS) is 20.8. The summed E-state index contributed by atoms with van der Waals surface area (Å²) in [6, 6.07) is 7.23. The van der Waals surface area contributed by atoms with Gasteiger partial charge in [0.25, 0.3) is 5.91 Å². The fraction of sp³-hybridized carbons (Fsp3) is 0.579. The molecule has 0 bridgehead atoms. The van der Waals surface area contributed by atoms with Crippen LogP contribution in [0.4, 0.5) is 4.79 Å². The molecule has 1 aliphatic rings. The molecule has 138 valence electrons. The standard InChI is InChI=1S/C19H28N2O4/c1-13-12-21(17(22)14-8-6-7-9-16(14)24-5)11-10-15(13)20-18(23)25-19(2,3)4/h6-9,13,15H,10-12H2,1-5H3,(H,20,23)/t13-,15+/m0/s1. The van der Waals surface area contributed by atoms with Gasteiger partial charge in [-0.15, -0.1) is 0 Å². The molecule has 0 saturated carbocycles. The van der Waals surface area contributed by atoms with E-state index < -0.39 is 11.7 Å². The van der Waals surface area contributed by atoms with Crippen LogP contribution in [0.25, 0.3) is 0 Å². The summed E-state index contributed by atoms with van der Waals surface area (Å²) in [5.74, 6) is 0.675. The lowest BCUT2D eigenvalue weighted by Crippen LogP contribution is -2.52. The predicted molar refractivity (Wildman–Crippen MR) is 95.8 cm³/mol. The summed E-state index contributed by atoms with van der Waals surface area (Å²) in [5, 5.41) is 2.92. The Kier molecular flexibility index (Phi) is 5.93. The third-order valence-electron chi connectivity index (χ3n) is 4.23. The summed E-state index contributed by atoms with van der Waals surface area (Å²) in [7, 11) is 1.56. The van der Waals surface area contributed by atoms with Crippen LogP contribution in [0.1, 0.15) is 44.5 Å². The van der Waals surface area contributed by atoms with Gasteiger partial charge >= 0.3 is 6.09 Å². The average molecular weight is 348 g/mol. The number of ether oxygens (including phenoxy) is 2. The van der Waals surface area contributed by atoms with Crippen molar-refractivity contribution in [3.8, 4) is 5.75 Å². The van der Waals surface area contributed by atoms with Crippen molar-refractivity contribution in [2.24, 2.45) is 5.92 Å². The molecule has 2 amide bonds. The van der Waals surface area contributed by atoms with E-state index in [0.29, 0.717) is 30.8 Å².